The van der Waals surface area contributed by atoms with Gasteiger partial charge in [-0.3, -0.25) is 4.79 Å². The van der Waals surface area contributed by atoms with Crippen molar-refractivity contribution < 1.29 is 14.1 Å². The lowest BCUT2D eigenvalue weighted by atomic mass is 10.3. The third-order valence-electron chi connectivity index (χ3n) is 1.94. The normalized spacial score (nSPS) is 10.1. The molecule has 0 aliphatic rings. The molecular formula is C11H10N2O3. The van der Waals surface area contributed by atoms with Gasteiger partial charge in [0, 0.05) is 6.07 Å². The first-order chi connectivity index (χ1) is 7.78. The predicted octanol–water partition coefficient (Wildman–Crippen LogP) is 1.77. The van der Waals surface area contributed by atoms with E-state index in [1.54, 1.807) is 18.2 Å². The number of pyridine rings is 1. The van der Waals surface area contributed by atoms with E-state index >= 15 is 0 Å². The Morgan fingerprint density at radius 2 is 2.38 bits per heavy atom. The molecule has 0 aliphatic carbocycles. The summed E-state index contributed by atoms with van der Waals surface area (Å²) >= 11 is 0. The molecule has 0 aliphatic heterocycles. The number of carbonyl (C=O) groups is 1. The van der Waals surface area contributed by atoms with Gasteiger partial charge in [0.2, 0.25) is 0 Å². The summed E-state index contributed by atoms with van der Waals surface area (Å²) in [5, 5.41) is 3.79. The van der Waals surface area contributed by atoms with E-state index in [1.165, 1.54) is 6.20 Å². The molecule has 0 spiro atoms. The molecule has 0 saturated heterocycles. The summed E-state index contributed by atoms with van der Waals surface area (Å²) in [7, 11) is 0. The fourth-order valence-corrected chi connectivity index (χ4v) is 1.19. The van der Waals surface area contributed by atoms with Crippen LogP contribution in [0.2, 0.25) is 0 Å². The molecule has 0 unspecified atom stereocenters. The highest BCUT2D eigenvalue weighted by atomic mass is 16.5. The number of aldehydes is 1. The van der Waals surface area contributed by atoms with Gasteiger partial charge in [0.1, 0.15) is 29.5 Å². The number of nitrogens with zero attached hydrogens (tertiary/aromatic N) is 2. The molecule has 0 N–H and O–H groups in total. The van der Waals surface area contributed by atoms with Crippen molar-refractivity contribution in [3.8, 4) is 5.75 Å². The van der Waals surface area contributed by atoms with Crippen LogP contribution >= 0.6 is 0 Å². The zero-order chi connectivity index (χ0) is 11.4. The molecule has 0 saturated carbocycles. The lowest BCUT2D eigenvalue weighted by Gasteiger charge is -2.02. The summed E-state index contributed by atoms with van der Waals surface area (Å²) in [6, 6.07) is 5.08. The number of rotatable bonds is 4. The standard InChI is InChI=1S/C11H10N2O3/c1-8-4-10(13-16-8)7-15-11-3-2-9(6-14)12-5-11/h2-6H,7H2,1H3. The molecule has 0 fully saturated rings. The zero-order valence-corrected chi connectivity index (χ0v) is 8.71. The van der Waals surface area contributed by atoms with Crippen LogP contribution in [0.1, 0.15) is 21.9 Å². The summed E-state index contributed by atoms with van der Waals surface area (Å²) < 4.78 is 10.3. The summed E-state index contributed by atoms with van der Waals surface area (Å²) in [4.78, 5) is 14.3. The van der Waals surface area contributed by atoms with Crippen LogP contribution in [0.4, 0.5) is 0 Å². The van der Waals surface area contributed by atoms with Crippen LogP contribution in [-0.2, 0) is 6.61 Å². The largest absolute Gasteiger partial charge is 0.486 e. The number of hydrogen-bond acceptors (Lipinski definition) is 5. The topological polar surface area (TPSA) is 65.2 Å². The van der Waals surface area contributed by atoms with Gasteiger partial charge in [0.15, 0.2) is 6.29 Å². The fourth-order valence-electron chi connectivity index (χ4n) is 1.19. The van der Waals surface area contributed by atoms with Crippen LogP contribution in [0.15, 0.2) is 28.9 Å². The minimum Gasteiger partial charge on any atom is -0.486 e. The molecule has 16 heavy (non-hydrogen) atoms. The molecule has 2 heterocycles. The first kappa shape index (κ1) is 10.4. The second kappa shape index (κ2) is 4.57. The van der Waals surface area contributed by atoms with Crippen molar-refractivity contribution in [1.82, 2.24) is 10.1 Å². The van der Waals surface area contributed by atoms with Crippen molar-refractivity contribution in [3.05, 3.63) is 41.5 Å². The SMILES string of the molecule is Cc1cc(COc2ccc(C=O)nc2)no1. The van der Waals surface area contributed by atoms with Crippen molar-refractivity contribution in [2.24, 2.45) is 0 Å². The Morgan fingerprint density at radius 1 is 1.50 bits per heavy atom. The van der Waals surface area contributed by atoms with E-state index in [4.69, 9.17) is 9.26 Å². The van der Waals surface area contributed by atoms with E-state index in [0.29, 0.717) is 24.3 Å². The van der Waals surface area contributed by atoms with E-state index in [9.17, 15) is 4.79 Å². The van der Waals surface area contributed by atoms with Gasteiger partial charge in [-0.05, 0) is 19.1 Å². The minimum atomic E-state index is 0.319. The smallest absolute Gasteiger partial charge is 0.168 e. The van der Waals surface area contributed by atoms with Crippen LogP contribution < -0.4 is 4.74 Å². The molecule has 0 aromatic carbocycles. The second-order valence-corrected chi connectivity index (χ2v) is 3.25. The Kier molecular flexibility index (Phi) is 2.95. The van der Waals surface area contributed by atoms with Crippen molar-refractivity contribution in [3.63, 3.8) is 0 Å². The van der Waals surface area contributed by atoms with E-state index < -0.39 is 0 Å². The number of ether oxygens (including phenoxy) is 1. The van der Waals surface area contributed by atoms with E-state index in [-0.39, 0.29) is 0 Å². The molecule has 0 radical (unpaired) electrons. The van der Waals surface area contributed by atoms with Crippen LogP contribution in [0.5, 0.6) is 5.75 Å². The van der Waals surface area contributed by atoms with Gasteiger partial charge >= 0.3 is 0 Å². The van der Waals surface area contributed by atoms with Crippen molar-refractivity contribution >= 4 is 6.29 Å². The monoisotopic (exact) mass is 218 g/mol. The van der Waals surface area contributed by atoms with E-state index in [1.807, 2.05) is 6.92 Å². The molecular weight excluding hydrogens is 208 g/mol. The second-order valence-electron chi connectivity index (χ2n) is 3.25. The zero-order valence-electron chi connectivity index (χ0n) is 8.71. The third-order valence-corrected chi connectivity index (χ3v) is 1.94. The Labute approximate surface area is 92.0 Å². The fraction of sp³-hybridized carbons (Fsp3) is 0.182. The van der Waals surface area contributed by atoms with Gasteiger partial charge in [0.05, 0.1) is 6.20 Å². The molecule has 2 aromatic rings. The predicted molar refractivity (Wildman–Crippen MR) is 55.2 cm³/mol. The third kappa shape index (κ3) is 2.44. The van der Waals surface area contributed by atoms with E-state index in [2.05, 4.69) is 10.1 Å². The molecule has 2 rings (SSSR count). The first-order valence-corrected chi connectivity index (χ1v) is 4.74. The van der Waals surface area contributed by atoms with Crippen molar-refractivity contribution in [2.45, 2.75) is 13.5 Å². The van der Waals surface area contributed by atoms with Crippen LogP contribution in [-0.4, -0.2) is 16.4 Å². The highest BCUT2D eigenvalue weighted by molar-refractivity contribution is 5.71. The quantitative estimate of drug-likeness (QED) is 0.731. The van der Waals surface area contributed by atoms with Crippen molar-refractivity contribution in [2.75, 3.05) is 0 Å². The van der Waals surface area contributed by atoms with Crippen LogP contribution in [0.25, 0.3) is 0 Å². The Hall–Kier alpha value is -2.17. The van der Waals surface area contributed by atoms with Gasteiger partial charge in [-0.25, -0.2) is 4.98 Å². The number of hydrogen-bond donors (Lipinski definition) is 0. The maximum absolute atomic E-state index is 10.4. The first-order valence-electron chi connectivity index (χ1n) is 4.74. The maximum Gasteiger partial charge on any atom is 0.168 e. The van der Waals surface area contributed by atoms with Crippen molar-refractivity contribution in [1.29, 1.82) is 0 Å². The average Bonchev–Trinajstić information content (AvgIpc) is 2.73. The highest BCUT2D eigenvalue weighted by Gasteiger charge is 2.01. The Balaban J connectivity index is 1.96. The van der Waals surface area contributed by atoms with Gasteiger partial charge in [-0.2, -0.15) is 0 Å². The Bertz CT molecular complexity index is 476. The number of carbonyl (C=O) groups excluding carboxylic acids is 1. The van der Waals surface area contributed by atoms with Gasteiger partial charge in [-0.1, -0.05) is 5.16 Å². The summed E-state index contributed by atoms with van der Waals surface area (Å²) in [5.74, 6) is 1.33. The number of aromatic nitrogens is 2. The summed E-state index contributed by atoms with van der Waals surface area (Å²) in [5.41, 5.74) is 1.10. The summed E-state index contributed by atoms with van der Waals surface area (Å²) in [6.45, 7) is 2.14. The molecule has 82 valence electrons. The summed E-state index contributed by atoms with van der Waals surface area (Å²) in [6.07, 6.45) is 2.18. The molecule has 0 atom stereocenters. The molecule has 0 amide bonds. The molecule has 5 heteroatoms. The highest BCUT2D eigenvalue weighted by Crippen LogP contribution is 2.11. The van der Waals surface area contributed by atoms with Crippen LogP contribution in [0.3, 0.4) is 0 Å². The Morgan fingerprint density at radius 3 is 2.94 bits per heavy atom. The molecule has 2 aromatic heterocycles. The van der Waals surface area contributed by atoms with Crippen LogP contribution in [0, 0.1) is 6.92 Å². The van der Waals surface area contributed by atoms with Gasteiger partial charge in [-0.15, -0.1) is 0 Å². The molecule has 0 bridgehead atoms. The molecule has 5 nitrogen and oxygen atoms in total. The van der Waals surface area contributed by atoms with Gasteiger partial charge in [0.25, 0.3) is 0 Å². The van der Waals surface area contributed by atoms with Gasteiger partial charge < -0.3 is 9.26 Å². The maximum atomic E-state index is 10.4. The number of aryl methyl sites for hydroxylation is 1. The van der Waals surface area contributed by atoms with E-state index in [0.717, 1.165) is 11.5 Å². The average molecular weight is 218 g/mol. The lowest BCUT2D eigenvalue weighted by molar-refractivity contribution is 0.111. The lowest BCUT2D eigenvalue weighted by Crippen LogP contribution is -1.96. The minimum absolute atomic E-state index is 0.319.